The molecule has 70 valence electrons. The molecule has 0 atom stereocenters. The highest BCUT2D eigenvalue weighted by Crippen LogP contribution is 2.21. The van der Waals surface area contributed by atoms with E-state index in [1.54, 1.807) is 0 Å². The third-order valence-corrected chi connectivity index (χ3v) is 2.30. The van der Waals surface area contributed by atoms with Gasteiger partial charge in [0.15, 0.2) is 5.78 Å². The van der Waals surface area contributed by atoms with Gasteiger partial charge in [-0.1, -0.05) is 30.8 Å². The SMILES string of the molecule is CCCCC#CC1=C(C)CCC1=O. The number of rotatable bonds is 2. The minimum atomic E-state index is 0.237. The van der Waals surface area contributed by atoms with Crippen LogP contribution in [0, 0.1) is 11.8 Å². The van der Waals surface area contributed by atoms with E-state index in [9.17, 15) is 4.79 Å². The van der Waals surface area contributed by atoms with Crippen LogP contribution in [0.2, 0.25) is 0 Å². The maximum atomic E-state index is 11.3. The van der Waals surface area contributed by atoms with Crippen molar-refractivity contribution in [3.05, 3.63) is 11.1 Å². The molecule has 0 fully saturated rings. The van der Waals surface area contributed by atoms with Gasteiger partial charge >= 0.3 is 0 Å². The number of ketones is 1. The van der Waals surface area contributed by atoms with Crippen LogP contribution in [-0.4, -0.2) is 5.78 Å². The van der Waals surface area contributed by atoms with E-state index in [4.69, 9.17) is 0 Å². The van der Waals surface area contributed by atoms with Gasteiger partial charge < -0.3 is 0 Å². The Morgan fingerprint density at radius 1 is 1.38 bits per heavy atom. The van der Waals surface area contributed by atoms with E-state index in [2.05, 4.69) is 18.8 Å². The van der Waals surface area contributed by atoms with Gasteiger partial charge in [-0.2, -0.15) is 0 Å². The number of hydrogen-bond donors (Lipinski definition) is 0. The Bertz CT molecular complexity index is 286. The molecule has 1 rings (SSSR count). The van der Waals surface area contributed by atoms with Crippen LogP contribution in [0.1, 0.15) is 46.0 Å². The van der Waals surface area contributed by atoms with Gasteiger partial charge in [-0.15, -0.1) is 0 Å². The van der Waals surface area contributed by atoms with Crippen molar-refractivity contribution in [2.75, 3.05) is 0 Å². The molecule has 0 saturated heterocycles. The molecule has 1 heteroatoms. The normalized spacial score (nSPS) is 16.0. The van der Waals surface area contributed by atoms with Crippen LogP contribution >= 0.6 is 0 Å². The summed E-state index contributed by atoms with van der Waals surface area (Å²) in [4.78, 5) is 11.3. The van der Waals surface area contributed by atoms with Crippen LogP contribution in [0.15, 0.2) is 11.1 Å². The zero-order valence-corrected chi connectivity index (χ0v) is 8.44. The summed E-state index contributed by atoms with van der Waals surface area (Å²) in [5.74, 6) is 6.29. The van der Waals surface area contributed by atoms with Gasteiger partial charge in [-0.25, -0.2) is 0 Å². The number of carbonyl (C=O) groups excluding carboxylic acids is 1. The van der Waals surface area contributed by atoms with E-state index in [1.807, 2.05) is 6.92 Å². The fourth-order valence-electron chi connectivity index (χ4n) is 1.38. The van der Waals surface area contributed by atoms with Crippen molar-refractivity contribution >= 4 is 5.78 Å². The molecule has 13 heavy (non-hydrogen) atoms. The van der Waals surface area contributed by atoms with Crippen molar-refractivity contribution in [3.63, 3.8) is 0 Å². The van der Waals surface area contributed by atoms with E-state index in [1.165, 1.54) is 12.0 Å². The molecule has 0 saturated carbocycles. The molecule has 0 aromatic rings. The third-order valence-electron chi connectivity index (χ3n) is 2.30. The van der Waals surface area contributed by atoms with E-state index in [0.717, 1.165) is 24.8 Å². The lowest BCUT2D eigenvalue weighted by Crippen LogP contribution is -1.92. The zero-order valence-electron chi connectivity index (χ0n) is 8.44. The second-order valence-electron chi connectivity index (χ2n) is 3.48. The topological polar surface area (TPSA) is 17.1 Å². The van der Waals surface area contributed by atoms with Crippen LogP contribution in [0.5, 0.6) is 0 Å². The van der Waals surface area contributed by atoms with E-state index >= 15 is 0 Å². The predicted molar refractivity (Wildman–Crippen MR) is 54.2 cm³/mol. The zero-order chi connectivity index (χ0) is 9.68. The molecule has 0 unspecified atom stereocenters. The lowest BCUT2D eigenvalue weighted by molar-refractivity contribution is -0.114. The molecule has 0 aliphatic heterocycles. The van der Waals surface area contributed by atoms with Gasteiger partial charge in [0, 0.05) is 12.8 Å². The molecule has 1 aliphatic carbocycles. The summed E-state index contributed by atoms with van der Waals surface area (Å²) in [6.07, 6.45) is 4.80. The summed E-state index contributed by atoms with van der Waals surface area (Å²) < 4.78 is 0. The average Bonchev–Trinajstić information content (AvgIpc) is 2.42. The number of carbonyl (C=O) groups is 1. The van der Waals surface area contributed by atoms with Crippen LogP contribution in [0.3, 0.4) is 0 Å². The van der Waals surface area contributed by atoms with E-state index in [-0.39, 0.29) is 5.78 Å². The second-order valence-corrected chi connectivity index (χ2v) is 3.48. The minimum Gasteiger partial charge on any atom is -0.293 e. The second kappa shape index (κ2) is 4.87. The van der Waals surface area contributed by atoms with Gasteiger partial charge in [-0.05, 0) is 19.8 Å². The smallest absolute Gasteiger partial charge is 0.171 e. The first-order valence-electron chi connectivity index (χ1n) is 4.97. The molecule has 0 radical (unpaired) electrons. The van der Waals surface area contributed by atoms with Crippen molar-refractivity contribution in [3.8, 4) is 11.8 Å². The fourth-order valence-corrected chi connectivity index (χ4v) is 1.38. The van der Waals surface area contributed by atoms with Crippen LogP contribution < -0.4 is 0 Å². The Labute approximate surface area is 80.2 Å². The first kappa shape index (κ1) is 10.1. The van der Waals surface area contributed by atoms with Gasteiger partial charge in [-0.3, -0.25) is 4.79 Å². The Hall–Kier alpha value is -1.03. The van der Waals surface area contributed by atoms with E-state index in [0.29, 0.717) is 6.42 Å². The minimum absolute atomic E-state index is 0.237. The Balaban J connectivity index is 2.55. The van der Waals surface area contributed by atoms with E-state index < -0.39 is 0 Å². The first-order chi connectivity index (χ1) is 6.25. The summed E-state index contributed by atoms with van der Waals surface area (Å²) in [5, 5.41) is 0. The monoisotopic (exact) mass is 176 g/mol. The fraction of sp³-hybridized carbons (Fsp3) is 0.583. The molecule has 0 aromatic heterocycles. The van der Waals surface area contributed by atoms with Crippen molar-refractivity contribution in [2.24, 2.45) is 0 Å². The van der Waals surface area contributed by atoms with Gasteiger partial charge in [0.1, 0.15) is 0 Å². The van der Waals surface area contributed by atoms with Gasteiger partial charge in [0.25, 0.3) is 0 Å². The quantitative estimate of drug-likeness (QED) is 0.467. The van der Waals surface area contributed by atoms with Crippen molar-refractivity contribution in [1.82, 2.24) is 0 Å². The summed E-state index contributed by atoms with van der Waals surface area (Å²) in [7, 11) is 0. The number of allylic oxidation sites excluding steroid dienone is 2. The molecule has 0 amide bonds. The van der Waals surface area contributed by atoms with Crippen molar-refractivity contribution < 1.29 is 4.79 Å². The average molecular weight is 176 g/mol. The molecule has 0 heterocycles. The van der Waals surface area contributed by atoms with Crippen LogP contribution in [-0.2, 0) is 4.79 Å². The molecular formula is C12H16O. The number of hydrogen-bond acceptors (Lipinski definition) is 1. The lowest BCUT2D eigenvalue weighted by Gasteiger charge is -1.89. The number of Topliss-reactive ketones (excluding diaryl/α,β-unsaturated/α-hetero) is 1. The third kappa shape index (κ3) is 2.73. The highest BCUT2D eigenvalue weighted by molar-refractivity contribution is 6.02. The van der Waals surface area contributed by atoms with Crippen LogP contribution in [0.4, 0.5) is 0 Å². The van der Waals surface area contributed by atoms with Gasteiger partial charge in [0.05, 0.1) is 5.57 Å². The summed E-state index contributed by atoms with van der Waals surface area (Å²) >= 11 is 0. The van der Waals surface area contributed by atoms with Crippen molar-refractivity contribution in [2.45, 2.75) is 46.0 Å². The number of unbranched alkanes of at least 4 members (excludes halogenated alkanes) is 2. The van der Waals surface area contributed by atoms with Gasteiger partial charge in [0.2, 0.25) is 0 Å². The summed E-state index contributed by atoms with van der Waals surface area (Å²) in [6, 6.07) is 0. The molecule has 0 spiro atoms. The lowest BCUT2D eigenvalue weighted by atomic mass is 10.1. The molecule has 1 nitrogen and oxygen atoms in total. The standard InChI is InChI=1S/C12H16O/c1-3-4-5-6-7-11-10(2)8-9-12(11)13/h3-5,8-9H2,1-2H3. The summed E-state index contributed by atoms with van der Waals surface area (Å²) in [6.45, 7) is 4.15. The highest BCUT2D eigenvalue weighted by atomic mass is 16.1. The highest BCUT2D eigenvalue weighted by Gasteiger charge is 2.17. The maximum Gasteiger partial charge on any atom is 0.171 e. The molecular weight excluding hydrogens is 160 g/mol. The molecule has 0 bridgehead atoms. The Morgan fingerprint density at radius 2 is 2.15 bits per heavy atom. The van der Waals surface area contributed by atoms with Crippen LogP contribution in [0.25, 0.3) is 0 Å². The molecule has 0 N–H and O–H groups in total. The first-order valence-corrected chi connectivity index (χ1v) is 4.97. The largest absolute Gasteiger partial charge is 0.293 e. The predicted octanol–water partition coefficient (Wildman–Crippen LogP) is 2.86. The Morgan fingerprint density at radius 3 is 2.69 bits per heavy atom. The molecule has 0 aromatic carbocycles. The summed E-state index contributed by atoms with van der Waals surface area (Å²) in [5.41, 5.74) is 1.96. The Kier molecular flexibility index (Phi) is 3.76. The molecule has 1 aliphatic rings. The van der Waals surface area contributed by atoms with Crippen molar-refractivity contribution in [1.29, 1.82) is 0 Å². The maximum absolute atomic E-state index is 11.3.